The van der Waals surface area contributed by atoms with Crippen LogP contribution in [0.4, 0.5) is 8.78 Å². The summed E-state index contributed by atoms with van der Waals surface area (Å²) in [5.74, 6) is -1.19. The first-order valence-electron chi connectivity index (χ1n) is 13.7. The zero-order chi connectivity index (χ0) is 26.5. The third kappa shape index (κ3) is 3.71. The van der Waals surface area contributed by atoms with Crippen LogP contribution in [0.25, 0.3) is 43.8 Å². The molecule has 4 nitrogen and oxygen atoms in total. The number of rotatable bonds is 6. The summed E-state index contributed by atoms with van der Waals surface area (Å²) in [4.78, 5) is 0. The van der Waals surface area contributed by atoms with Gasteiger partial charge in [-0.2, -0.15) is 0 Å². The third-order valence-electron chi connectivity index (χ3n) is 8.54. The fourth-order valence-electron chi connectivity index (χ4n) is 6.27. The molecule has 4 aliphatic rings. The molecule has 5 aromatic carbocycles. The molecule has 0 aliphatic carbocycles. The Bertz CT molecular complexity index is 1840. The van der Waals surface area contributed by atoms with Gasteiger partial charge in [0.2, 0.25) is 0 Å². The van der Waals surface area contributed by atoms with E-state index >= 15 is 8.78 Å². The first-order chi connectivity index (χ1) is 19.6. The molecule has 6 heteroatoms. The van der Waals surface area contributed by atoms with E-state index in [9.17, 15) is 0 Å². The van der Waals surface area contributed by atoms with E-state index < -0.39 is 11.6 Å². The lowest BCUT2D eigenvalue weighted by Crippen LogP contribution is -1.98. The lowest BCUT2D eigenvalue weighted by atomic mass is 9.87. The molecule has 40 heavy (non-hydrogen) atoms. The molecule has 198 valence electrons. The summed E-state index contributed by atoms with van der Waals surface area (Å²) in [6, 6.07) is 22.8. The van der Waals surface area contributed by atoms with E-state index in [0.29, 0.717) is 37.6 Å². The number of ether oxygens (including phenoxy) is 4. The highest BCUT2D eigenvalue weighted by Crippen LogP contribution is 2.47. The van der Waals surface area contributed by atoms with Gasteiger partial charge in [-0.25, -0.2) is 8.78 Å². The van der Waals surface area contributed by atoms with Crippen molar-refractivity contribution in [2.75, 3.05) is 26.4 Å². The summed E-state index contributed by atoms with van der Waals surface area (Å²) in [5, 5.41) is 4.15. The molecule has 0 radical (unpaired) electrons. The van der Waals surface area contributed by atoms with Crippen LogP contribution in [0.3, 0.4) is 0 Å². The molecular formula is C34H24F2O4. The van der Waals surface area contributed by atoms with Crippen LogP contribution in [-0.2, 0) is 18.9 Å². The Balaban J connectivity index is 1.23. The van der Waals surface area contributed by atoms with E-state index in [0.717, 1.165) is 49.4 Å². The molecule has 4 fully saturated rings. The molecule has 4 saturated heterocycles. The number of halogens is 2. The first kappa shape index (κ1) is 23.1. The van der Waals surface area contributed by atoms with Crippen molar-refractivity contribution in [2.24, 2.45) is 0 Å². The average molecular weight is 535 g/mol. The maximum Gasteiger partial charge on any atom is 0.134 e. The van der Waals surface area contributed by atoms with Crippen LogP contribution in [-0.4, -0.2) is 26.4 Å². The smallest absolute Gasteiger partial charge is 0.134 e. The van der Waals surface area contributed by atoms with Gasteiger partial charge in [-0.1, -0.05) is 48.5 Å². The van der Waals surface area contributed by atoms with Crippen molar-refractivity contribution in [1.82, 2.24) is 0 Å². The number of hydrogen-bond acceptors (Lipinski definition) is 4. The Kier molecular flexibility index (Phi) is 4.85. The Morgan fingerprint density at radius 3 is 1.75 bits per heavy atom. The number of hydrogen-bond donors (Lipinski definition) is 0. The highest BCUT2D eigenvalue weighted by Gasteiger charge is 2.35. The minimum absolute atomic E-state index is 0.0285. The summed E-state index contributed by atoms with van der Waals surface area (Å²) < 4.78 is 54.1. The van der Waals surface area contributed by atoms with Crippen molar-refractivity contribution in [2.45, 2.75) is 24.4 Å². The fraction of sp³-hybridized carbons (Fsp3) is 0.235. The largest absolute Gasteiger partial charge is 0.368 e. The fourth-order valence-corrected chi connectivity index (χ4v) is 6.27. The van der Waals surface area contributed by atoms with Crippen molar-refractivity contribution >= 4 is 21.5 Å². The van der Waals surface area contributed by atoms with Crippen molar-refractivity contribution in [3.8, 4) is 22.3 Å². The Hall–Kier alpha value is -3.68. The lowest BCUT2D eigenvalue weighted by Gasteiger charge is -2.17. The lowest BCUT2D eigenvalue weighted by molar-refractivity contribution is 0.399. The predicted molar refractivity (Wildman–Crippen MR) is 147 cm³/mol. The van der Waals surface area contributed by atoms with E-state index in [2.05, 4.69) is 18.2 Å². The van der Waals surface area contributed by atoms with Crippen molar-refractivity contribution in [3.63, 3.8) is 0 Å². The summed E-state index contributed by atoms with van der Waals surface area (Å²) >= 11 is 0. The molecule has 4 atom stereocenters. The number of fused-ring (bicyclic) bond motifs is 3. The average Bonchev–Trinajstić information content (AvgIpc) is 3.76. The van der Waals surface area contributed by atoms with Crippen molar-refractivity contribution in [3.05, 3.63) is 107 Å². The van der Waals surface area contributed by atoms with Crippen LogP contribution in [0.15, 0.2) is 72.8 Å². The minimum atomic E-state index is -0.594. The van der Waals surface area contributed by atoms with Gasteiger partial charge in [0.1, 0.15) is 36.1 Å². The highest BCUT2D eigenvalue weighted by molar-refractivity contribution is 6.16. The molecule has 4 heterocycles. The molecule has 4 aliphatic heterocycles. The maximum atomic E-state index is 15.9. The first-order valence-corrected chi connectivity index (χ1v) is 13.7. The molecule has 4 unspecified atom stereocenters. The van der Waals surface area contributed by atoms with Crippen LogP contribution in [0.5, 0.6) is 0 Å². The van der Waals surface area contributed by atoms with Gasteiger partial charge in [0, 0.05) is 0 Å². The topological polar surface area (TPSA) is 50.1 Å². The quantitative estimate of drug-likeness (QED) is 0.164. The Morgan fingerprint density at radius 1 is 0.500 bits per heavy atom. The molecule has 5 aromatic rings. The number of epoxide rings is 4. The minimum Gasteiger partial charge on any atom is -0.368 e. The van der Waals surface area contributed by atoms with Gasteiger partial charge in [-0.15, -0.1) is 0 Å². The molecule has 0 aromatic heterocycles. The van der Waals surface area contributed by atoms with Gasteiger partial charge >= 0.3 is 0 Å². The Labute approximate surface area is 229 Å². The van der Waals surface area contributed by atoms with Crippen LogP contribution in [0, 0.1) is 11.6 Å². The van der Waals surface area contributed by atoms with Gasteiger partial charge in [0.05, 0.1) is 32.0 Å². The summed E-state index contributed by atoms with van der Waals surface area (Å²) in [6.07, 6.45) is 0.118. The van der Waals surface area contributed by atoms with Crippen LogP contribution < -0.4 is 0 Å². The monoisotopic (exact) mass is 534 g/mol. The highest BCUT2D eigenvalue weighted by atomic mass is 19.1. The van der Waals surface area contributed by atoms with Crippen LogP contribution in [0.2, 0.25) is 0 Å². The van der Waals surface area contributed by atoms with E-state index in [-0.39, 0.29) is 30.0 Å². The van der Waals surface area contributed by atoms with E-state index in [1.54, 1.807) is 6.07 Å². The molecule has 0 amide bonds. The molecule has 0 spiro atoms. The van der Waals surface area contributed by atoms with E-state index in [1.807, 2.05) is 36.4 Å². The molecule has 9 rings (SSSR count). The maximum absolute atomic E-state index is 15.9. The second kappa shape index (κ2) is 8.41. The summed E-state index contributed by atoms with van der Waals surface area (Å²) in [7, 11) is 0. The van der Waals surface area contributed by atoms with Crippen LogP contribution >= 0.6 is 0 Å². The van der Waals surface area contributed by atoms with E-state index in [4.69, 9.17) is 18.9 Å². The zero-order valence-corrected chi connectivity index (χ0v) is 21.5. The molecule has 0 N–H and O–H groups in total. The van der Waals surface area contributed by atoms with Gasteiger partial charge < -0.3 is 18.9 Å². The zero-order valence-electron chi connectivity index (χ0n) is 21.5. The number of benzene rings is 5. The third-order valence-corrected chi connectivity index (χ3v) is 8.54. The molecule has 0 saturated carbocycles. The van der Waals surface area contributed by atoms with Gasteiger partial charge in [-0.05, 0) is 84.8 Å². The normalized spacial score (nSPS) is 24.4. The SMILES string of the molecule is Fc1cc(-c2ccc(C3CO3)c3cc(C4CO4)c4ccccc4c23)cc(F)c1-c1ccc(C2CO2)c(C2CO2)c1. The molecule has 0 bridgehead atoms. The Morgan fingerprint density at radius 2 is 1.07 bits per heavy atom. The van der Waals surface area contributed by atoms with Gasteiger partial charge in [-0.3, -0.25) is 0 Å². The summed E-state index contributed by atoms with van der Waals surface area (Å²) in [5.41, 5.74) is 5.99. The van der Waals surface area contributed by atoms with Gasteiger partial charge in [0.25, 0.3) is 0 Å². The predicted octanol–water partition coefficient (Wildman–Crippen LogP) is 7.89. The van der Waals surface area contributed by atoms with Gasteiger partial charge in [0.15, 0.2) is 0 Å². The standard InChI is InChI=1S/C34H24F2O4/c35-27-10-18(11-28(36)33(27)17-5-6-21(29-13-37-29)24(9-17)31-15-39-31)19-7-8-22(30-14-38-30)26-12-25(32-16-40-32)20-3-1-2-4-23(20)34(19)26/h1-12,29-32H,13-16H2. The van der Waals surface area contributed by atoms with Crippen molar-refractivity contribution in [1.29, 1.82) is 0 Å². The van der Waals surface area contributed by atoms with Crippen molar-refractivity contribution < 1.29 is 27.7 Å². The van der Waals surface area contributed by atoms with Crippen LogP contribution in [0.1, 0.15) is 46.7 Å². The second-order valence-electron chi connectivity index (χ2n) is 11.1. The second-order valence-corrected chi connectivity index (χ2v) is 11.1. The van der Waals surface area contributed by atoms with E-state index in [1.165, 1.54) is 12.1 Å². The molecular weight excluding hydrogens is 510 g/mol. The summed E-state index contributed by atoms with van der Waals surface area (Å²) in [6.45, 7) is 2.66.